The van der Waals surface area contributed by atoms with Crippen LogP contribution in [0.25, 0.3) is 0 Å². The van der Waals surface area contributed by atoms with Gasteiger partial charge in [0.1, 0.15) is 4.60 Å². The Morgan fingerprint density at radius 3 is 2.38 bits per heavy atom. The summed E-state index contributed by atoms with van der Waals surface area (Å²) in [6.07, 6.45) is 1.26. The van der Waals surface area contributed by atoms with Crippen LogP contribution in [0.3, 0.4) is 0 Å². The summed E-state index contributed by atoms with van der Waals surface area (Å²) in [5.41, 5.74) is 5.50. The Hall–Kier alpha value is -1.62. The monoisotopic (exact) mass is 347 g/mol. The number of fused-ring (bicyclic) bond motifs is 1. The third-order valence-corrected chi connectivity index (χ3v) is 4.95. The van der Waals surface area contributed by atoms with Gasteiger partial charge in [-0.25, -0.2) is 0 Å². The molecule has 5 heteroatoms. The van der Waals surface area contributed by atoms with Gasteiger partial charge < -0.3 is 0 Å². The summed E-state index contributed by atoms with van der Waals surface area (Å²) in [5.74, 6) is 0.874. The third-order valence-electron chi connectivity index (χ3n) is 3.96. The Kier molecular flexibility index (Phi) is 3.40. The minimum atomic E-state index is 0.114. The average molecular weight is 348 g/mol. The molecule has 1 aromatic heterocycles. The van der Waals surface area contributed by atoms with Crippen molar-refractivity contribution in [2.24, 2.45) is 7.05 Å². The number of hydrogen-bond donors (Lipinski definition) is 0. The summed E-state index contributed by atoms with van der Waals surface area (Å²) in [4.78, 5) is 14.3. The van der Waals surface area contributed by atoms with Crippen LogP contribution < -0.4 is 4.90 Å². The number of anilines is 2. The highest BCUT2D eigenvalue weighted by Gasteiger charge is 2.32. The minimum Gasteiger partial charge on any atom is -0.274 e. The largest absolute Gasteiger partial charge is 0.274 e. The van der Waals surface area contributed by atoms with E-state index in [9.17, 15) is 4.79 Å². The molecule has 0 saturated carbocycles. The van der Waals surface area contributed by atoms with E-state index in [-0.39, 0.29) is 5.91 Å². The zero-order valence-electron chi connectivity index (χ0n) is 12.7. The van der Waals surface area contributed by atoms with Crippen molar-refractivity contribution >= 4 is 33.3 Å². The molecular formula is C16H18BrN3O. The van der Waals surface area contributed by atoms with Crippen LogP contribution >= 0.6 is 15.9 Å². The molecule has 21 heavy (non-hydrogen) atoms. The van der Waals surface area contributed by atoms with Crippen LogP contribution in [0.15, 0.2) is 16.7 Å². The Morgan fingerprint density at radius 1 is 1.14 bits per heavy atom. The van der Waals surface area contributed by atoms with Gasteiger partial charge in [0, 0.05) is 19.0 Å². The molecule has 0 atom stereocenters. The number of nitrogens with zero attached hydrogens (tertiary/aromatic N) is 3. The van der Waals surface area contributed by atoms with E-state index in [0.29, 0.717) is 6.42 Å². The zero-order chi connectivity index (χ0) is 15.3. The van der Waals surface area contributed by atoms with Crippen LogP contribution in [-0.4, -0.2) is 15.7 Å². The number of rotatable bonds is 1. The van der Waals surface area contributed by atoms with Crippen molar-refractivity contribution < 1.29 is 4.79 Å². The Balaban J connectivity index is 2.24. The van der Waals surface area contributed by atoms with Crippen molar-refractivity contribution in [3.05, 3.63) is 39.0 Å². The number of halogens is 1. The molecular weight excluding hydrogens is 330 g/mol. The van der Waals surface area contributed by atoms with Crippen molar-refractivity contribution in [3.8, 4) is 0 Å². The van der Waals surface area contributed by atoms with Gasteiger partial charge in [0.05, 0.1) is 5.69 Å². The predicted molar refractivity (Wildman–Crippen MR) is 87.0 cm³/mol. The second-order valence-corrected chi connectivity index (χ2v) is 6.44. The molecule has 0 unspecified atom stereocenters. The second kappa shape index (κ2) is 4.98. The van der Waals surface area contributed by atoms with Crippen LogP contribution in [-0.2, 0) is 18.3 Å². The van der Waals surface area contributed by atoms with Crippen LogP contribution in [0.5, 0.6) is 0 Å². The fourth-order valence-corrected chi connectivity index (χ4v) is 3.60. The third kappa shape index (κ3) is 2.20. The summed E-state index contributed by atoms with van der Waals surface area (Å²) in [6.45, 7) is 6.17. The Morgan fingerprint density at radius 2 is 1.76 bits per heavy atom. The van der Waals surface area contributed by atoms with E-state index in [1.807, 2.05) is 7.05 Å². The van der Waals surface area contributed by atoms with Crippen LogP contribution in [0.1, 0.15) is 28.7 Å². The summed E-state index contributed by atoms with van der Waals surface area (Å²) in [6, 6.07) is 4.23. The van der Waals surface area contributed by atoms with Gasteiger partial charge in [-0.2, -0.15) is 5.10 Å². The smallest absolute Gasteiger partial charge is 0.233 e. The lowest BCUT2D eigenvalue weighted by molar-refractivity contribution is -0.118. The van der Waals surface area contributed by atoms with Crippen molar-refractivity contribution in [2.45, 2.75) is 33.6 Å². The van der Waals surface area contributed by atoms with Gasteiger partial charge in [-0.3, -0.25) is 14.4 Å². The molecule has 1 aromatic carbocycles. The normalized spacial score (nSPS) is 14.5. The standard InChI is InChI=1S/C16H18BrN3O/c1-9-7-10(2)14(11(3)8-9)20-13(21)6-5-12-15(17)19(4)18-16(12)20/h7-8H,5-6H2,1-4H3. The molecule has 0 saturated heterocycles. The van der Waals surface area contributed by atoms with Crippen molar-refractivity contribution in [3.63, 3.8) is 0 Å². The van der Waals surface area contributed by atoms with Crippen LogP contribution in [0.4, 0.5) is 11.5 Å². The quantitative estimate of drug-likeness (QED) is 0.788. The van der Waals surface area contributed by atoms with E-state index in [4.69, 9.17) is 0 Å². The highest BCUT2D eigenvalue weighted by atomic mass is 79.9. The Labute approximate surface area is 132 Å². The maximum absolute atomic E-state index is 12.5. The topological polar surface area (TPSA) is 38.1 Å². The van der Waals surface area contributed by atoms with Crippen molar-refractivity contribution in [2.75, 3.05) is 4.90 Å². The van der Waals surface area contributed by atoms with Gasteiger partial charge in [0.2, 0.25) is 5.91 Å². The molecule has 2 aromatic rings. The first-order valence-corrected chi connectivity index (χ1v) is 7.81. The molecule has 0 bridgehead atoms. The van der Waals surface area contributed by atoms with Gasteiger partial charge in [-0.05, 0) is 54.2 Å². The van der Waals surface area contributed by atoms with E-state index in [2.05, 4.69) is 53.9 Å². The lowest BCUT2D eigenvalue weighted by Crippen LogP contribution is -2.32. The molecule has 3 rings (SSSR count). The van der Waals surface area contributed by atoms with E-state index < -0.39 is 0 Å². The number of aryl methyl sites for hydroxylation is 4. The second-order valence-electron chi connectivity index (χ2n) is 5.69. The van der Waals surface area contributed by atoms with E-state index in [1.54, 1.807) is 9.58 Å². The lowest BCUT2D eigenvalue weighted by Gasteiger charge is -2.28. The highest BCUT2D eigenvalue weighted by Crippen LogP contribution is 2.39. The Bertz CT molecular complexity index is 725. The van der Waals surface area contributed by atoms with Gasteiger partial charge >= 0.3 is 0 Å². The number of carbonyl (C=O) groups is 1. The molecule has 0 aliphatic carbocycles. The SMILES string of the molecule is Cc1cc(C)c(N2C(=O)CCc3c2nn(C)c3Br)c(C)c1. The van der Waals surface area contributed by atoms with E-state index in [1.165, 1.54) is 5.56 Å². The van der Waals surface area contributed by atoms with Crippen LogP contribution in [0.2, 0.25) is 0 Å². The molecule has 110 valence electrons. The molecule has 0 radical (unpaired) electrons. The molecule has 0 spiro atoms. The summed E-state index contributed by atoms with van der Waals surface area (Å²) in [7, 11) is 1.89. The molecule has 0 N–H and O–H groups in total. The maximum atomic E-state index is 12.5. The summed E-state index contributed by atoms with van der Waals surface area (Å²) < 4.78 is 2.74. The minimum absolute atomic E-state index is 0.114. The number of amides is 1. The summed E-state index contributed by atoms with van der Waals surface area (Å²) in [5, 5.41) is 4.54. The molecule has 1 aliphatic rings. The first-order valence-electron chi connectivity index (χ1n) is 7.02. The predicted octanol–water partition coefficient (Wildman–Crippen LogP) is 3.72. The highest BCUT2D eigenvalue weighted by molar-refractivity contribution is 9.10. The van der Waals surface area contributed by atoms with Crippen molar-refractivity contribution in [1.82, 2.24) is 9.78 Å². The molecule has 4 nitrogen and oxygen atoms in total. The van der Waals surface area contributed by atoms with Gasteiger partial charge in [-0.1, -0.05) is 17.7 Å². The zero-order valence-corrected chi connectivity index (χ0v) is 14.3. The van der Waals surface area contributed by atoms with Crippen molar-refractivity contribution in [1.29, 1.82) is 0 Å². The van der Waals surface area contributed by atoms with Gasteiger partial charge in [0.15, 0.2) is 5.82 Å². The molecule has 0 fully saturated rings. The fourth-order valence-electron chi connectivity index (χ4n) is 3.15. The first kappa shape index (κ1) is 14.3. The summed E-state index contributed by atoms with van der Waals surface area (Å²) >= 11 is 3.57. The molecule has 2 heterocycles. The fraction of sp³-hybridized carbons (Fsp3) is 0.375. The maximum Gasteiger partial charge on any atom is 0.233 e. The average Bonchev–Trinajstić information content (AvgIpc) is 2.67. The number of benzene rings is 1. The molecule has 1 aliphatic heterocycles. The number of hydrogen-bond acceptors (Lipinski definition) is 2. The first-order chi connectivity index (χ1) is 9.90. The molecule has 1 amide bonds. The van der Waals surface area contributed by atoms with Crippen LogP contribution in [0, 0.1) is 20.8 Å². The van der Waals surface area contributed by atoms with E-state index in [0.717, 1.165) is 39.2 Å². The van der Waals surface area contributed by atoms with E-state index >= 15 is 0 Å². The number of aromatic nitrogens is 2. The lowest BCUT2D eigenvalue weighted by atomic mass is 10.0. The number of carbonyl (C=O) groups excluding carboxylic acids is 1. The van der Waals surface area contributed by atoms with Gasteiger partial charge in [-0.15, -0.1) is 0 Å². The van der Waals surface area contributed by atoms with Gasteiger partial charge in [0.25, 0.3) is 0 Å².